The van der Waals surface area contributed by atoms with E-state index >= 15 is 0 Å². The highest BCUT2D eigenvalue weighted by atomic mass is 16.5. The average molecular weight is 280 g/mol. The van der Waals surface area contributed by atoms with Crippen LogP contribution in [0.2, 0.25) is 0 Å². The minimum Gasteiger partial charge on any atom is -0.338 e. The van der Waals surface area contributed by atoms with Crippen LogP contribution in [0.15, 0.2) is 10.2 Å². The van der Waals surface area contributed by atoms with Crippen LogP contribution in [0, 0.1) is 22.7 Å². The van der Waals surface area contributed by atoms with Gasteiger partial charge in [-0.3, -0.25) is 0 Å². The number of hydrogen-bond acceptors (Lipinski definition) is 6. The number of azo groups is 1. The van der Waals surface area contributed by atoms with Gasteiger partial charge in [-0.05, 0) is 27.7 Å². The zero-order valence-corrected chi connectivity index (χ0v) is 13.2. The van der Waals surface area contributed by atoms with Gasteiger partial charge >= 0.3 is 0 Å². The molecule has 0 heterocycles. The summed E-state index contributed by atoms with van der Waals surface area (Å²) in [6.45, 7) is 10.8. The molecule has 0 spiro atoms. The molecule has 0 aromatic carbocycles. The van der Waals surface area contributed by atoms with Crippen molar-refractivity contribution in [1.82, 2.24) is 0 Å². The van der Waals surface area contributed by atoms with Gasteiger partial charge in [-0.15, -0.1) is 10.2 Å². The molecule has 20 heavy (non-hydrogen) atoms. The van der Waals surface area contributed by atoms with Gasteiger partial charge in [0.05, 0.1) is 12.2 Å². The summed E-state index contributed by atoms with van der Waals surface area (Å²) in [7, 11) is 0. The van der Waals surface area contributed by atoms with E-state index in [1.54, 1.807) is 13.8 Å². The fourth-order valence-electron chi connectivity index (χ4n) is 1.55. The van der Waals surface area contributed by atoms with E-state index in [0.717, 1.165) is 0 Å². The number of ether oxygens (including phenoxy) is 2. The third-order valence-corrected chi connectivity index (χ3v) is 2.54. The fraction of sp³-hybridized carbons (Fsp3) is 0.857. The molecule has 0 aliphatic rings. The number of nitriles is 2. The molecule has 0 radical (unpaired) electrons. The third-order valence-electron chi connectivity index (χ3n) is 2.54. The fourth-order valence-corrected chi connectivity index (χ4v) is 1.55. The summed E-state index contributed by atoms with van der Waals surface area (Å²) in [6.07, 6.45) is 0.353. The highest BCUT2D eigenvalue weighted by Crippen LogP contribution is 2.25. The summed E-state index contributed by atoms with van der Waals surface area (Å²) in [5.74, 6) is 0. The lowest BCUT2D eigenvalue weighted by Gasteiger charge is -2.26. The summed E-state index contributed by atoms with van der Waals surface area (Å²) in [4.78, 5) is 0. The Hall–Kier alpha value is -1.50. The van der Waals surface area contributed by atoms with Gasteiger partial charge < -0.3 is 9.47 Å². The largest absolute Gasteiger partial charge is 0.338 e. The quantitative estimate of drug-likeness (QED) is 0.636. The number of rotatable bonds is 8. The first kappa shape index (κ1) is 18.5. The lowest BCUT2D eigenvalue weighted by atomic mass is 10.2. The zero-order valence-electron chi connectivity index (χ0n) is 13.2. The van der Waals surface area contributed by atoms with Crippen LogP contribution in [0.3, 0.4) is 0 Å². The highest BCUT2D eigenvalue weighted by Gasteiger charge is 2.35. The molecular weight excluding hydrogens is 256 g/mol. The van der Waals surface area contributed by atoms with Crippen molar-refractivity contribution in [2.45, 2.75) is 78.0 Å². The molecule has 0 fully saturated rings. The summed E-state index contributed by atoms with van der Waals surface area (Å²) < 4.78 is 11.1. The van der Waals surface area contributed by atoms with Gasteiger partial charge in [0.1, 0.15) is 12.1 Å². The lowest BCUT2D eigenvalue weighted by Crippen LogP contribution is -2.34. The Morgan fingerprint density at radius 1 is 0.850 bits per heavy atom. The Kier molecular flexibility index (Phi) is 7.34. The molecule has 0 saturated heterocycles. The molecular formula is C14H24N4O2. The smallest absolute Gasteiger partial charge is 0.266 e. The molecule has 0 aliphatic heterocycles. The van der Waals surface area contributed by atoms with E-state index < -0.39 is 11.4 Å². The summed E-state index contributed by atoms with van der Waals surface area (Å²) in [5, 5.41) is 26.6. The minimum atomic E-state index is -1.37. The number of hydrogen-bond donors (Lipinski definition) is 0. The second-order valence-electron chi connectivity index (χ2n) is 5.03. The highest BCUT2D eigenvalue weighted by molar-refractivity contribution is 5.03. The zero-order chi connectivity index (χ0) is 15.8. The molecule has 2 atom stereocenters. The van der Waals surface area contributed by atoms with Gasteiger partial charge in [0.15, 0.2) is 0 Å². The summed E-state index contributed by atoms with van der Waals surface area (Å²) in [5.41, 5.74) is -2.74. The first-order chi connectivity index (χ1) is 9.28. The number of nitrogens with zero attached hydrogens (tertiary/aromatic N) is 4. The van der Waals surface area contributed by atoms with Crippen molar-refractivity contribution < 1.29 is 9.47 Å². The maximum atomic E-state index is 9.30. The van der Waals surface area contributed by atoms with E-state index in [0.29, 0.717) is 12.8 Å². The molecule has 0 aromatic rings. The molecule has 0 saturated carbocycles. The maximum Gasteiger partial charge on any atom is 0.266 e. The van der Waals surface area contributed by atoms with Gasteiger partial charge in [-0.25, -0.2) is 0 Å². The minimum absolute atomic E-state index is 0.169. The van der Waals surface area contributed by atoms with Crippen molar-refractivity contribution >= 4 is 0 Å². The van der Waals surface area contributed by atoms with Crippen molar-refractivity contribution in [3.63, 3.8) is 0 Å². The third kappa shape index (κ3) is 5.24. The van der Waals surface area contributed by atoms with E-state index in [2.05, 4.69) is 10.2 Å². The molecule has 0 N–H and O–H groups in total. The van der Waals surface area contributed by atoms with E-state index in [9.17, 15) is 10.5 Å². The molecule has 6 nitrogen and oxygen atoms in total. The summed E-state index contributed by atoms with van der Waals surface area (Å²) in [6, 6.07) is 4.05. The van der Waals surface area contributed by atoms with E-state index in [4.69, 9.17) is 9.47 Å². The van der Waals surface area contributed by atoms with Gasteiger partial charge in [-0.2, -0.15) is 10.5 Å². The van der Waals surface area contributed by atoms with Crippen molar-refractivity contribution in [2.24, 2.45) is 10.2 Å². The van der Waals surface area contributed by atoms with Crippen LogP contribution >= 0.6 is 0 Å². The van der Waals surface area contributed by atoms with Crippen LogP contribution in [-0.2, 0) is 9.47 Å². The van der Waals surface area contributed by atoms with Gasteiger partial charge in [-0.1, -0.05) is 13.8 Å². The Morgan fingerprint density at radius 2 is 1.15 bits per heavy atom. The Bertz CT molecular complexity index is 370. The maximum absolute atomic E-state index is 9.30. The first-order valence-electron chi connectivity index (χ1n) is 6.90. The topological polar surface area (TPSA) is 90.8 Å². The molecule has 0 aliphatic carbocycles. The molecule has 0 rings (SSSR count). The van der Waals surface area contributed by atoms with E-state index in [1.165, 1.54) is 0 Å². The molecule has 112 valence electrons. The van der Waals surface area contributed by atoms with E-state index in [-0.39, 0.29) is 12.2 Å². The van der Waals surface area contributed by atoms with Crippen LogP contribution < -0.4 is 0 Å². The predicted octanol–water partition coefficient (Wildman–Crippen LogP) is 3.55. The van der Waals surface area contributed by atoms with Crippen LogP contribution in [-0.4, -0.2) is 23.7 Å². The van der Waals surface area contributed by atoms with Crippen molar-refractivity contribution in [2.75, 3.05) is 0 Å². The second kappa shape index (κ2) is 7.94. The molecule has 0 bridgehead atoms. The molecule has 0 aromatic heterocycles. The summed E-state index contributed by atoms with van der Waals surface area (Å²) >= 11 is 0. The Balaban J connectivity index is 5.37. The van der Waals surface area contributed by atoms with Gasteiger partial charge in [0.2, 0.25) is 0 Å². The molecule has 0 amide bonds. The van der Waals surface area contributed by atoms with E-state index in [1.807, 2.05) is 39.8 Å². The van der Waals surface area contributed by atoms with Crippen LogP contribution in [0.5, 0.6) is 0 Å². The standard InChI is InChI=1S/C14H24N4O2/c1-7-13(9-15,19-11(3)4)17-18-14(8-2,10-16)20-12(5)6/h11-12H,7-8H2,1-6H3. The van der Waals surface area contributed by atoms with Crippen molar-refractivity contribution in [3.05, 3.63) is 0 Å². The second-order valence-corrected chi connectivity index (χ2v) is 5.03. The lowest BCUT2D eigenvalue weighted by molar-refractivity contribution is -0.0676. The first-order valence-corrected chi connectivity index (χ1v) is 6.90. The Labute approximate surface area is 121 Å². The van der Waals surface area contributed by atoms with Crippen LogP contribution in [0.25, 0.3) is 0 Å². The van der Waals surface area contributed by atoms with Crippen molar-refractivity contribution in [1.29, 1.82) is 10.5 Å². The molecule has 6 heteroatoms. The average Bonchev–Trinajstić information content (AvgIpc) is 2.41. The molecule has 2 unspecified atom stereocenters. The normalized spacial score (nSPS) is 17.7. The van der Waals surface area contributed by atoms with Crippen molar-refractivity contribution in [3.8, 4) is 12.1 Å². The SMILES string of the molecule is CCC(C#N)(N=NC(C#N)(CC)OC(C)C)OC(C)C. The monoisotopic (exact) mass is 280 g/mol. The van der Waals surface area contributed by atoms with Gasteiger partial charge in [0.25, 0.3) is 11.4 Å². The van der Waals surface area contributed by atoms with Crippen LogP contribution in [0.1, 0.15) is 54.4 Å². The van der Waals surface area contributed by atoms with Crippen LogP contribution in [0.4, 0.5) is 0 Å². The van der Waals surface area contributed by atoms with Gasteiger partial charge in [0, 0.05) is 12.8 Å². The predicted molar refractivity (Wildman–Crippen MR) is 74.6 cm³/mol. The Morgan fingerprint density at radius 3 is 1.30 bits per heavy atom.